The van der Waals surface area contributed by atoms with Gasteiger partial charge in [0, 0.05) is 16.5 Å². The first kappa shape index (κ1) is 12.9. The summed E-state index contributed by atoms with van der Waals surface area (Å²) in [4.78, 5) is 0.00385. The predicted molar refractivity (Wildman–Crippen MR) is 73.5 cm³/mol. The van der Waals surface area contributed by atoms with Gasteiger partial charge < -0.3 is 4.74 Å². The van der Waals surface area contributed by atoms with E-state index >= 15 is 0 Å². The quantitative estimate of drug-likeness (QED) is 0.872. The summed E-state index contributed by atoms with van der Waals surface area (Å²) in [6, 6.07) is 13.0. The first-order valence-corrected chi connectivity index (χ1v) is 7.55. The Bertz CT molecular complexity index is 780. The second kappa shape index (κ2) is 4.76. The zero-order valence-electron chi connectivity index (χ0n) is 10.4. The molecule has 2 aromatic rings. The maximum atomic E-state index is 13.8. The molecule has 2 aromatic carbocycles. The molecule has 0 spiro atoms. The molecule has 0 fully saturated rings. The van der Waals surface area contributed by atoms with Gasteiger partial charge in [0.25, 0.3) is 0 Å². The number of benzene rings is 2. The number of halogens is 1. The molecule has 1 aliphatic heterocycles. The standard InChI is InChI=1S/C15H11FO3S/c16-13-7-4-8-14-15(13)11(10-20(14,17)18)9-19-12-5-2-1-3-6-12/h1-8,10H,9H2. The molecule has 0 saturated heterocycles. The number of fused-ring (bicyclic) bond motifs is 1. The molecule has 0 unspecified atom stereocenters. The van der Waals surface area contributed by atoms with E-state index in [0.717, 1.165) is 5.41 Å². The molecular formula is C15H11FO3S. The molecule has 20 heavy (non-hydrogen) atoms. The topological polar surface area (TPSA) is 43.4 Å². The highest BCUT2D eigenvalue weighted by molar-refractivity contribution is 7.95. The van der Waals surface area contributed by atoms with Gasteiger partial charge in [0.1, 0.15) is 18.2 Å². The fraction of sp³-hybridized carbons (Fsp3) is 0.0667. The van der Waals surface area contributed by atoms with Gasteiger partial charge in [0.15, 0.2) is 0 Å². The second-order valence-corrected chi connectivity index (χ2v) is 6.17. The lowest BCUT2D eigenvalue weighted by Crippen LogP contribution is -2.01. The molecule has 3 rings (SSSR count). The van der Waals surface area contributed by atoms with Crippen LogP contribution in [0.25, 0.3) is 5.57 Å². The molecule has 5 heteroatoms. The Morgan fingerprint density at radius 3 is 2.50 bits per heavy atom. The number of sulfone groups is 1. The van der Waals surface area contributed by atoms with Crippen LogP contribution >= 0.6 is 0 Å². The maximum absolute atomic E-state index is 13.8. The molecule has 0 aliphatic carbocycles. The van der Waals surface area contributed by atoms with Crippen LogP contribution in [0.5, 0.6) is 5.75 Å². The second-order valence-electron chi connectivity index (χ2n) is 4.40. The summed E-state index contributed by atoms with van der Waals surface area (Å²) < 4.78 is 43.2. The van der Waals surface area contributed by atoms with E-state index in [9.17, 15) is 12.8 Å². The molecule has 0 N–H and O–H groups in total. The highest BCUT2D eigenvalue weighted by atomic mass is 32.2. The number of ether oxygens (including phenoxy) is 1. The smallest absolute Gasteiger partial charge is 0.200 e. The maximum Gasteiger partial charge on any atom is 0.200 e. The van der Waals surface area contributed by atoms with Crippen LogP contribution < -0.4 is 4.74 Å². The summed E-state index contributed by atoms with van der Waals surface area (Å²) >= 11 is 0. The van der Waals surface area contributed by atoms with E-state index in [1.54, 1.807) is 12.1 Å². The minimum absolute atomic E-state index is 0.00385. The van der Waals surface area contributed by atoms with Crippen molar-refractivity contribution in [3.05, 3.63) is 65.3 Å². The average molecular weight is 290 g/mol. The monoisotopic (exact) mass is 290 g/mol. The Hall–Kier alpha value is -2.14. The van der Waals surface area contributed by atoms with Crippen molar-refractivity contribution in [3.63, 3.8) is 0 Å². The molecule has 0 atom stereocenters. The molecule has 102 valence electrons. The van der Waals surface area contributed by atoms with Crippen LogP contribution in [-0.2, 0) is 9.84 Å². The summed E-state index contributed by atoms with van der Waals surface area (Å²) in [5.41, 5.74) is 0.449. The van der Waals surface area contributed by atoms with Crippen molar-refractivity contribution in [1.82, 2.24) is 0 Å². The van der Waals surface area contributed by atoms with Crippen molar-refractivity contribution in [3.8, 4) is 5.75 Å². The Balaban J connectivity index is 1.93. The van der Waals surface area contributed by atoms with Crippen molar-refractivity contribution >= 4 is 15.4 Å². The Kier molecular flexibility index (Phi) is 3.06. The molecule has 0 amide bonds. The minimum atomic E-state index is -3.56. The van der Waals surface area contributed by atoms with E-state index in [0.29, 0.717) is 11.3 Å². The van der Waals surface area contributed by atoms with E-state index in [1.165, 1.54) is 18.2 Å². The van der Waals surface area contributed by atoms with Crippen LogP contribution in [0, 0.1) is 5.82 Å². The molecule has 0 aromatic heterocycles. The number of hydrogen-bond acceptors (Lipinski definition) is 3. The van der Waals surface area contributed by atoms with E-state index in [4.69, 9.17) is 4.74 Å². The fourth-order valence-corrected chi connectivity index (χ4v) is 3.62. The van der Waals surface area contributed by atoms with Gasteiger partial charge in [-0.05, 0) is 24.3 Å². The lowest BCUT2D eigenvalue weighted by molar-refractivity contribution is 0.369. The van der Waals surface area contributed by atoms with Crippen LogP contribution in [0.2, 0.25) is 0 Å². The summed E-state index contributed by atoms with van der Waals surface area (Å²) in [6.45, 7) is 0.0111. The molecule has 1 heterocycles. The average Bonchev–Trinajstić information content (AvgIpc) is 2.71. The van der Waals surface area contributed by atoms with Gasteiger partial charge in [-0.15, -0.1) is 0 Å². The summed E-state index contributed by atoms with van der Waals surface area (Å²) in [6.07, 6.45) is 0. The van der Waals surface area contributed by atoms with Crippen LogP contribution in [0.3, 0.4) is 0 Å². The zero-order valence-corrected chi connectivity index (χ0v) is 11.2. The molecule has 1 aliphatic rings. The van der Waals surface area contributed by atoms with Gasteiger partial charge in [-0.2, -0.15) is 0 Å². The van der Waals surface area contributed by atoms with Gasteiger partial charge in [0.05, 0.1) is 4.90 Å². The van der Waals surface area contributed by atoms with Crippen molar-refractivity contribution in [1.29, 1.82) is 0 Å². The fourth-order valence-electron chi connectivity index (χ4n) is 2.15. The van der Waals surface area contributed by atoms with Crippen LogP contribution in [0.4, 0.5) is 4.39 Å². The van der Waals surface area contributed by atoms with E-state index in [1.807, 2.05) is 18.2 Å². The predicted octanol–water partition coefficient (Wildman–Crippen LogP) is 3.03. The lowest BCUT2D eigenvalue weighted by Gasteiger charge is -2.08. The summed E-state index contributed by atoms with van der Waals surface area (Å²) in [7, 11) is -3.56. The third-order valence-corrected chi connectivity index (χ3v) is 4.59. The van der Waals surface area contributed by atoms with Crippen molar-refractivity contribution in [2.24, 2.45) is 0 Å². The first-order chi connectivity index (χ1) is 9.58. The van der Waals surface area contributed by atoms with Gasteiger partial charge >= 0.3 is 0 Å². The van der Waals surface area contributed by atoms with Crippen molar-refractivity contribution in [2.45, 2.75) is 4.90 Å². The SMILES string of the molecule is O=S1(=O)C=C(COc2ccccc2)c2c(F)cccc21. The normalized spacial score (nSPS) is 15.6. The summed E-state index contributed by atoms with van der Waals surface area (Å²) in [5, 5.41) is 1.07. The highest BCUT2D eigenvalue weighted by Crippen LogP contribution is 2.35. The van der Waals surface area contributed by atoms with Gasteiger partial charge in [-0.1, -0.05) is 24.3 Å². The third kappa shape index (κ3) is 2.20. The molecule has 0 radical (unpaired) electrons. The van der Waals surface area contributed by atoms with E-state index < -0.39 is 15.7 Å². The van der Waals surface area contributed by atoms with Crippen molar-refractivity contribution in [2.75, 3.05) is 6.61 Å². The summed E-state index contributed by atoms with van der Waals surface area (Å²) in [5.74, 6) is 0.0575. The molecule has 0 bridgehead atoms. The molecule has 0 saturated carbocycles. The van der Waals surface area contributed by atoms with E-state index in [2.05, 4.69) is 0 Å². The third-order valence-electron chi connectivity index (χ3n) is 3.04. The molecule has 3 nitrogen and oxygen atoms in total. The van der Waals surface area contributed by atoms with Crippen LogP contribution in [0.1, 0.15) is 5.56 Å². The van der Waals surface area contributed by atoms with Gasteiger partial charge in [-0.3, -0.25) is 0 Å². The number of para-hydroxylation sites is 1. The van der Waals surface area contributed by atoms with Gasteiger partial charge in [-0.25, -0.2) is 12.8 Å². The Morgan fingerprint density at radius 2 is 1.75 bits per heavy atom. The van der Waals surface area contributed by atoms with Crippen molar-refractivity contribution < 1.29 is 17.5 Å². The van der Waals surface area contributed by atoms with Crippen LogP contribution in [0.15, 0.2) is 58.8 Å². The number of rotatable bonds is 3. The lowest BCUT2D eigenvalue weighted by atomic mass is 10.1. The molecular weight excluding hydrogens is 279 g/mol. The Labute approximate surface area is 116 Å². The largest absolute Gasteiger partial charge is 0.489 e. The first-order valence-electron chi connectivity index (χ1n) is 6.00. The Morgan fingerprint density at radius 1 is 1.00 bits per heavy atom. The van der Waals surface area contributed by atoms with E-state index in [-0.39, 0.29) is 17.1 Å². The minimum Gasteiger partial charge on any atom is -0.489 e. The van der Waals surface area contributed by atoms with Crippen LogP contribution in [-0.4, -0.2) is 15.0 Å². The van der Waals surface area contributed by atoms with Gasteiger partial charge in [0.2, 0.25) is 9.84 Å². The highest BCUT2D eigenvalue weighted by Gasteiger charge is 2.29. The number of hydrogen-bond donors (Lipinski definition) is 0. The zero-order chi connectivity index (χ0) is 14.2.